The van der Waals surface area contributed by atoms with Crippen LogP contribution in [-0.4, -0.2) is 5.97 Å². The molecule has 0 bridgehead atoms. The lowest BCUT2D eigenvalue weighted by molar-refractivity contribution is 0.0733. The van der Waals surface area contributed by atoms with Crippen LogP contribution in [0.3, 0.4) is 0 Å². The first-order chi connectivity index (χ1) is 15.3. The number of allylic oxidation sites excluding steroid dienone is 1. The number of hydrogen-bond acceptors (Lipinski definition) is 2. The van der Waals surface area contributed by atoms with E-state index < -0.39 is 0 Å². The molecule has 0 radical (unpaired) electrons. The monoisotopic (exact) mass is 430 g/mol. The second kappa shape index (κ2) is 9.25. The molecule has 32 heavy (non-hydrogen) atoms. The van der Waals surface area contributed by atoms with Crippen LogP contribution in [0.1, 0.15) is 92.8 Å². The molecule has 0 unspecified atom stereocenters. The second-order valence-electron chi connectivity index (χ2n) is 10.7. The maximum Gasteiger partial charge on any atom is 0.343 e. The highest BCUT2D eigenvalue weighted by Crippen LogP contribution is 2.60. The molecular weight excluding hydrogens is 392 g/mol. The topological polar surface area (TPSA) is 26.3 Å². The second-order valence-corrected chi connectivity index (χ2v) is 10.7. The van der Waals surface area contributed by atoms with Crippen molar-refractivity contribution in [1.29, 1.82) is 0 Å². The fourth-order valence-electron chi connectivity index (χ4n) is 6.26. The summed E-state index contributed by atoms with van der Waals surface area (Å²) in [5, 5.41) is 0. The zero-order valence-corrected chi connectivity index (χ0v) is 20.4. The number of ether oxygens (including phenoxy) is 1. The van der Waals surface area contributed by atoms with E-state index in [9.17, 15) is 4.79 Å². The molecule has 2 nitrogen and oxygen atoms in total. The molecule has 2 aliphatic carbocycles. The summed E-state index contributed by atoms with van der Waals surface area (Å²) in [5.74, 6) is 3.21. The minimum absolute atomic E-state index is 0.221. The quantitative estimate of drug-likeness (QED) is 0.327. The number of carbonyl (C=O) groups is 1. The molecule has 4 atom stereocenters. The molecule has 0 N–H and O–H groups in total. The van der Waals surface area contributed by atoms with Crippen molar-refractivity contribution in [3.63, 3.8) is 0 Å². The van der Waals surface area contributed by atoms with Crippen molar-refractivity contribution in [2.24, 2.45) is 23.2 Å². The van der Waals surface area contributed by atoms with Gasteiger partial charge in [0.15, 0.2) is 0 Å². The molecule has 1 saturated carbocycles. The van der Waals surface area contributed by atoms with Gasteiger partial charge >= 0.3 is 5.97 Å². The number of benzene rings is 2. The molecule has 2 aromatic rings. The van der Waals surface area contributed by atoms with E-state index in [0.29, 0.717) is 17.2 Å². The molecule has 2 heteroatoms. The van der Waals surface area contributed by atoms with Gasteiger partial charge in [-0.05, 0) is 83.7 Å². The minimum Gasteiger partial charge on any atom is -0.423 e. The predicted molar refractivity (Wildman–Crippen MR) is 133 cm³/mol. The predicted octanol–water partition coefficient (Wildman–Crippen LogP) is 8.20. The Morgan fingerprint density at radius 2 is 1.81 bits per heavy atom. The average molecular weight is 431 g/mol. The number of carbonyl (C=O) groups excluding carboxylic acids is 1. The molecule has 0 aliphatic heterocycles. The van der Waals surface area contributed by atoms with Crippen molar-refractivity contribution in [1.82, 2.24) is 0 Å². The van der Waals surface area contributed by atoms with Crippen molar-refractivity contribution in [2.75, 3.05) is 0 Å². The van der Waals surface area contributed by atoms with Crippen LogP contribution in [-0.2, 0) is 0 Å². The van der Waals surface area contributed by atoms with Crippen molar-refractivity contribution in [3.8, 4) is 5.75 Å². The van der Waals surface area contributed by atoms with E-state index in [1.807, 2.05) is 24.3 Å². The first kappa shape index (κ1) is 22.8. The summed E-state index contributed by atoms with van der Waals surface area (Å²) in [6, 6.07) is 13.4. The van der Waals surface area contributed by atoms with E-state index in [2.05, 4.69) is 52.8 Å². The highest BCUT2D eigenvalue weighted by Gasteiger charge is 2.49. The van der Waals surface area contributed by atoms with Crippen LogP contribution in [0.5, 0.6) is 5.75 Å². The van der Waals surface area contributed by atoms with Gasteiger partial charge < -0.3 is 4.74 Å². The largest absolute Gasteiger partial charge is 0.423 e. The van der Waals surface area contributed by atoms with E-state index in [1.54, 1.807) is 12.1 Å². The smallest absolute Gasteiger partial charge is 0.343 e. The lowest BCUT2D eigenvalue weighted by Gasteiger charge is -2.41. The molecule has 0 spiro atoms. The van der Waals surface area contributed by atoms with Gasteiger partial charge in [-0.2, -0.15) is 0 Å². The van der Waals surface area contributed by atoms with E-state index in [1.165, 1.54) is 43.2 Å². The summed E-state index contributed by atoms with van der Waals surface area (Å²) >= 11 is 0. The summed E-state index contributed by atoms with van der Waals surface area (Å²) in [5.41, 5.74) is 4.55. The molecule has 0 heterocycles. The first-order valence-corrected chi connectivity index (χ1v) is 12.4. The van der Waals surface area contributed by atoms with Crippen LogP contribution in [0.4, 0.5) is 0 Å². The zero-order valence-electron chi connectivity index (χ0n) is 20.4. The Morgan fingerprint density at radius 1 is 1.06 bits per heavy atom. The van der Waals surface area contributed by atoms with Gasteiger partial charge in [-0.1, -0.05) is 83.4 Å². The lowest BCUT2D eigenvalue weighted by Crippen LogP contribution is -2.31. The van der Waals surface area contributed by atoms with Gasteiger partial charge in [0.1, 0.15) is 5.75 Å². The van der Waals surface area contributed by atoms with Crippen LogP contribution in [0.2, 0.25) is 0 Å². The van der Waals surface area contributed by atoms with E-state index >= 15 is 0 Å². The SMILES string of the molecule is Cc1c(OC(=O)c2ccccc2)ccc2c1C=C[C@]1(C)[C@@H]2CC[C@@H]1[C@H](C)CCCC(C)C. The molecule has 0 saturated heterocycles. The summed E-state index contributed by atoms with van der Waals surface area (Å²) in [6.45, 7) is 11.7. The highest BCUT2D eigenvalue weighted by molar-refractivity contribution is 5.91. The Hall–Kier alpha value is -2.35. The van der Waals surface area contributed by atoms with Crippen LogP contribution in [0, 0.1) is 30.1 Å². The Morgan fingerprint density at radius 3 is 2.53 bits per heavy atom. The standard InChI is InChI=1S/C30H38O2/c1-20(2)10-9-11-21(3)26-15-16-27-25-14-17-28(22(4)24(25)18-19-30(26,27)5)32-29(31)23-12-7-6-8-13-23/h6-8,12-14,17-21,26-27H,9-11,15-16H2,1-5H3/t21-,26-,27-,30+/m1/s1. The summed E-state index contributed by atoms with van der Waals surface area (Å²) in [4.78, 5) is 12.6. The third-order valence-corrected chi connectivity index (χ3v) is 8.14. The van der Waals surface area contributed by atoms with E-state index in [4.69, 9.17) is 4.74 Å². The minimum atomic E-state index is -0.297. The fraction of sp³-hybridized carbons (Fsp3) is 0.500. The van der Waals surface area contributed by atoms with Crippen LogP contribution < -0.4 is 4.74 Å². The van der Waals surface area contributed by atoms with Gasteiger partial charge in [0.05, 0.1) is 5.56 Å². The number of hydrogen-bond donors (Lipinski definition) is 0. The van der Waals surface area contributed by atoms with E-state index in [0.717, 1.165) is 23.3 Å². The fourth-order valence-corrected chi connectivity index (χ4v) is 6.26. The van der Waals surface area contributed by atoms with Crippen LogP contribution >= 0.6 is 0 Å². The first-order valence-electron chi connectivity index (χ1n) is 12.4. The van der Waals surface area contributed by atoms with Crippen molar-refractivity contribution in [3.05, 3.63) is 70.8 Å². The Bertz CT molecular complexity index is 987. The van der Waals surface area contributed by atoms with Crippen molar-refractivity contribution in [2.45, 2.75) is 72.6 Å². The van der Waals surface area contributed by atoms with Crippen molar-refractivity contribution < 1.29 is 9.53 Å². The molecule has 170 valence electrons. The Kier molecular flexibility index (Phi) is 6.60. The number of esters is 1. The van der Waals surface area contributed by atoms with Gasteiger partial charge in [-0.15, -0.1) is 0 Å². The van der Waals surface area contributed by atoms with Gasteiger partial charge in [-0.25, -0.2) is 4.79 Å². The third-order valence-electron chi connectivity index (χ3n) is 8.14. The maximum absolute atomic E-state index is 12.6. The lowest BCUT2D eigenvalue weighted by atomic mass is 9.63. The molecule has 0 amide bonds. The highest BCUT2D eigenvalue weighted by atomic mass is 16.5. The Labute approximate surface area is 194 Å². The molecule has 2 aliphatic rings. The van der Waals surface area contributed by atoms with Crippen molar-refractivity contribution >= 4 is 12.0 Å². The van der Waals surface area contributed by atoms with E-state index in [-0.39, 0.29) is 11.4 Å². The van der Waals surface area contributed by atoms with Gasteiger partial charge in [0, 0.05) is 0 Å². The van der Waals surface area contributed by atoms with Gasteiger partial charge in [0.25, 0.3) is 0 Å². The molecular formula is C30H38O2. The Balaban J connectivity index is 1.53. The maximum atomic E-state index is 12.6. The molecule has 0 aromatic heterocycles. The molecule has 1 fully saturated rings. The average Bonchev–Trinajstić information content (AvgIpc) is 3.13. The normalized spacial score (nSPS) is 24.8. The third kappa shape index (κ3) is 4.29. The van der Waals surface area contributed by atoms with Gasteiger partial charge in [0.2, 0.25) is 0 Å². The van der Waals surface area contributed by atoms with Crippen LogP contribution in [0.25, 0.3) is 6.08 Å². The zero-order chi connectivity index (χ0) is 22.9. The summed E-state index contributed by atoms with van der Waals surface area (Å²) in [7, 11) is 0. The molecule has 2 aromatic carbocycles. The number of rotatable bonds is 7. The van der Waals surface area contributed by atoms with Gasteiger partial charge in [-0.3, -0.25) is 0 Å². The summed E-state index contributed by atoms with van der Waals surface area (Å²) < 4.78 is 5.78. The molecule has 4 rings (SSSR count). The number of fused-ring (bicyclic) bond motifs is 3. The summed E-state index contributed by atoms with van der Waals surface area (Å²) in [6.07, 6.45) is 11.3. The van der Waals surface area contributed by atoms with Crippen LogP contribution in [0.15, 0.2) is 48.5 Å².